The summed E-state index contributed by atoms with van der Waals surface area (Å²) in [6, 6.07) is 0. The Labute approximate surface area is 108 Å². The van der Waals surface area contributed by atoms with Crippen molar-refractivity contribution in [1.29, 1.82) is 0 Å². The van der Waals surface area contributed by atoms with E-state index in [0.717, 1.165) is 12.8 Å². The summed E-state index contributed by atoms with van der Waals surface area (Å²) in [7, 11) is -1.63. The zero-order valence-electron chi connectivity index (χ0n) is 10.6. The summed E-state index contributed by atoms with van der Waals surface area (Å²) >= 11 is 0. The minimum atomic E-state index is -3.20. The van der Waals surface area contributed by atoms with E-state index >= 15 is 0 Å². The Bertz CT molecular complexity index is 397. The fraction of sp³-hybridized carbons (Fsp3) is 0.909. The highest BCUT2D eigenvalue weighted by atomic mass is 32.2. The summed E-state index contributed by atoms with van der Waals surface area (Å²) in [5, 5.41) is 2.54. The molecule has 7 heteroatoms. The standard InChI is InChI=1S/C11H20N2O4S/c1-12-11(14)10-6-13(7-10)18(15,16)8-9-2-4-17-5-3-9/h9-10H,2-8H2,1H3,(H,12,14). The first-order valence-corrected chi connectivity index (χ1v) is 7.91. The van der Waals surface area contributed by atoms with Gasteiger partial charge in [-0.1, -0.05) is 0 Å². The lowest BCUT2D eigenvalue weighted by atomic mass is 10.0. The zero-order valence-corrected chi connectivity index (χ0v) is 11.4. The average Bonchev–Trinajstić information content (AvgIpc) is 2.27. The van der Waals surface area contributed by atoms with Gasteiger partial charge in [-0.15, -0.1) is 0 Å². The van der Waals surface area contributed by atoms with Crippen LogP contribution in [0.25, 0.3) is 0 Å². The maximum Gasteiger partial charge on any atom is 0.225 e. The maximum atomic E-state index is 12.1. The van der Waals surface area contributed by atoms with Gasteiger partial charge < -0.3 is 10.1 Å². The molecule has 0 aromatic heterocycles. The summed E-state index contributed by atoms with van der Waals surface area (Å²) in [5.41, 5.74) is 0. The predicted molar refractivity (Wildman–Crippen MR) is 66.5 cm³/mol. The lowest BCUT2D eigenvalue weighted by molar-refractivity contribution is -0.127. The third-order valence-corrected chi connectivity index (χ3v) is 5.62. The van der Waals surface area contributed by atoms with Crippen LogP contribution in [0.2, 0.25) is 0 Å². The molecule has 0 bridgehead atoms. The van der Waals surface area contributed by atoms with Gasteiger partial charge in [0.15, 0.2) is 0 Å². The molecule has 0 unspecified atom stereocenters. The van der Waals surface area contributed by atoms with Gasteiger partial charge >= 0.3 is 0 Å². The second-order valence-corrected chi connectivity index (χ2v) is 6.98. The van der Waals surface area contributed by atoms with E-state index in [1.807, 2.05) is 0 Å². The molecule has 2 aliphatic heterocycles. The van der Waals surface area contributed by atoms with Crippen LogP contribution in [0.15, 0.2) is 0 Å². The number of hydrogen-bond acceptors (Lipinski definition) is 4. The summed E-state index contributed by atoms with van der Waals surface area (Å²) in [4.78, 5) is 11.3. The number of carbonyl (C=O) groups excluding carboxylic acids is 1. The molecular weight excluding hydrogens is 256 g/mol. The van der Waals surface area contributed by atoms with Gasteiger partial charge in [-0.05, 0) is 18.8 Å². The van der Waals surface area contributed by atoms with E-state index < -0.39 is 10.0 Å². The molecular formula is C11H20N2O4S. The highest BCUT2D eigenvalue weighted by molar-refractivity contribution is 7.89. The van der Waals surface area contributed by atoms with Crippen molar-refractivity contribution in [3.8, 4) is 0 Å². The molecule has 6 nitrogen and oxygen atoms in total. The van der Waals surface area contributed by atoms with Crippen LogP contribution in [-0.4, -0.2) is 57.7 Å². The Balaban J connectivity index is 1.83. The number of ether oxygens (including phenoxy) is 1. The Morgan fingerprint density at radius 3 is 2.50 bits per heavy atom. The van der Waals surface area contributed by atoms with Crippen LogP contribution < -0.4 is 5.32 Å². The number of nitrogens with one attached hydrogen (secondary N) is 1. The normalized spacial score (nSPS) is 23.6. The highest BCUT2D eigenvalue weighted by Crippen LogP contribution is 2.24. The minimum absolute atomic E-state index is 0.0764. The number of rotatable bonds is 4. The van der Waals surface area contributed by atoms with Gasteiger partial charge in [-0.3, -0.25) is 4.79 Å². The molecule has 0 aromatic rings. The molecule has 0 aromatic carbocycles. The van der Waals surface area contributed by atoms with Crippen LogP contribution in [0, 0.1) is 11.8 Å². The highest BCUT2D eigenvalue weighted by Gasteiger charge is 2.40. The lowest BCUT2D eigenvalue weighted by Gasteiger charge is -2.37. The van der Waals surface area contributed by atoms with Crippen molar-refractivity contribution in [3.63, 3.8) is 0 Å². The fourth-order valence-corrected chi connectivity index (χ4v) is 4.31. The third-order valence-electron chi connectivity index (χ3n) is 3.65. The van der Waals surface area contributed by atoms with Gasteiger partial charge in [0, 0.05) is 33.4 Å². The van der Waals surface area contributed by atoms with Gasteiger partial charge in [0.2, 0.25) is 15.9 Å². The van der Waals surface area contributed by atoms with Crippen molar-refractivity contribution in [2.24, 2.45) is 11.8 Å². The Morgan fingerprint density at radius 1 is 1.33 bits per heavy atom. The molecule has 0 spiro atoms. The number of nitrogens with zero attached hydrogens (tertiary/aromatic N) is 1. The van der Waals surface area contributed by atoms with Crippen LogP contribution in [0.4, 0.5) is 0 Å². The first kappa shape index (κ1) is 13.8. The summed E-state index contributed by atoms with van der Waals surface area (Å²) in [5.74, 6) is 0.131. The molecule has 0 atom stereocenters. The van der Waals surface area contributed by atoms with Crippen molar-refractivity contribution in [1.82, 2.24) is 9.62 Å². The van der Waals surface area contributed by atoms with E-state index in [0.29, 0.717) is 26.3 Å². The summed E-state index contributed by atoms with van der Waals surface area (Å²) < 4.78 is 30.8. The second kappa shape index (κ2) is 5.54. The van der Waals surface area contributed by atoms with Crippen LogP contribution in [0.3, 0.4) is 0 Å². The molecule has 0 saturated carbocycles. The molecule has 104 valence electrons. The molecule has 18 heavy (non-hydrogen) atoms. The zero-order chi connectivity index (χ0) is 13.2. The Kier molecular flexibility index (Phi) is 4.24. The molecule has 2 aliphatic rings. The number of carbonyl (C=O) groups is 1. The minimum Gasteiger partial charge on any atom is -0.381 e. The quantitative estimate of drug-likeness (QED) is 0.745. The molecule has 2 saturated heterocycles. The lowest BCUT2D eigenvalue weighted by Crippen LogP contribution is -2.56. The van der Waals surface area contributed by atoms with E-state index in [4.69, 9.17) is 4.74 Å². The first-order chi connectivity index (χ1) is 8.53. The Hall–Kier alpha value is -0.660. The maximum absolute atomic E-state index is 12.1. The van der Waals surface area contributed by atoms with Crippen molar-refractivity contribution in [2.45, 2.75) is 12.8 Å². The average molecular weight is 276 g/mol. The number of amides is 1. The van der Waals surface area contributed by atoms with Crippen LogP contribution in [0.1, 0.15) is 12.8 Å². The molecule has 0 aliphatic carbocycles. The molecule has 1 amide bonds. The SMILES string of the molecule is CNC(=O)C1CN(S(=O)(=O)CC2CCOCC2)C1. The van der Waals surface area contributed by atoms with Gasteiger partial charge in [-0.25, -0.2) is 12.7 Å². The fourth-order valence-electron chi connectivity index (χ4n) is 2.35. The molecule has 0 radical (unpaired) electrons. The smallest absolute Gasteiger partial charge is 0.225 e. The van der Waals surface area contributed by atoms with E-state index in [1.54, 1.807) is 7.05 Å². The van der Waals surface area contributed by atoms with E-state index in [1.165, 1.54) is 4.31 Å². The van der Waals surface area contributed by atoms with Crippen molar-refractivity contribution in [3.05, 3.63) is 0 Å². The number of hydrogen-bond donors (Lipinski definition) is 1. The van der Waals surface area contributed by atoms with E-state index in [-0.39, 0.29) is 23.5 Å². The molecule has 2 heterocycles. The predicted octanol–water partition coefficient (Wildman–Crippen LogP) is -0.579. The van der Waals surface area contributed by atoms with Gasteiger partial charge in [0.05, 0.1) is 11.7 Å². The number of sulfonamides is 1. The van der Waals surface area contributed by atoms with Gasteiger partial charge in [-0.2, -0.15) is 0 Å². The largest absolute Gasteiger partial charge is 0.381 e. The van der Waals surface area contributed by atoms with Gasteiger partial charge in [0.25, 0.3) is 0 Å². The van der Waals surface area contributed by atoms with Crippen LogP contribution >= 0.6 is 0 Å². The topological polar surface area (TPSA) is 75.7 Å². The Morgan fingerprint density at radius 2 is 1.94 bits per heavy atom. The van der Waals surface area contributed by atoms with E-state index in [9.17, 15) is 13.2 Å². The summed E-state index contributed by atoms with van der Waals surface area (Å²) in [6.45, 7) is 1.96. The first-order valence-electron chi connectivity index (χ1n) is 6.30. The monoisotopic (exact) mass is 276 g/mol. The molecule has 2 fully saturated rings. The van der Waals surface area contributed by atoms with E-state index in [2.05, 4.69) is 5.32 Å². The summed E-state index contributed by atoms with van der Waals surface area (Å²) in [6.07, 6.45) is 1.62. The molecule has 2 rings (SSSR count). The van der Waals surface area contributed by atoms with Gasteiger partial charge in [0.1, 0.15) is 0 Å². The van der Waals surface area contributed by atoms with Crippen molar-refractivity contribution >= 4 is 15.9 Å². The van der Waals surface area contributed by atoms with Crippen LogP contribution in [-0.2, 0) is 19.6 Å². The molecule has 1 N–H and O–H groups in total. The van der Waals surface area contributed by atoms with Crippen molar-refractivity contribution in [2.75, 3.05) is 39.1 Å². The van der Waals surface area contributed by atoms with Crippen molar-refractivity contribution < 1.29 is 17.9 Å². The third kappa shape index (κ3) is 3.02. The van der Waals surface area contributed by atoms with Crippen LogP contribution in [0.5, 0.6) is 0 Å². The second-order valence-electron chi connectivity index (χ2n) is 4.96.